The van der Waals surface area contributed by atoms with Gasteiger partial charge in [-0.2, -0.15) is 0 Å². The fourth-order valence-electron chi connectivity index (χ4n) is 2.47. The molecule has 1 aliphatic heterocycles. The Morgan fingerprint density at radius 2 is 1.88 bits per heavy atom. The highest BCUT2D eigenvalue weighted by Gasteiger charge is 2.33. The SMILES string of the molecule is CN(C(=O)C(N)C1CCOCC1)C1CCC1.Cl. The van der Waals surface area contributed by atoms with E-state index in [1.807, 2.05) is 11.9 Å². The Kier molecular flexibility index (Phi) is 5.70. The van der Waals surface area contributed by atoms with Gasteiger partial charge >= 0.3 is 0 Å². The van der Waals surface area contributed by atoms with Gasteiger partial charge in [0.15, 0.2) is 0 Å². The van der Waals surface area contributed by atoms with Crippen molar-refractivity contribution >= 4 is 18.3 Å². The predicted octanol–water partition coefficient (Wildman–Crippen LogP) is 1.17. The number of halogens is 1. The third kappa shape index (κ3) is 3.33. The van der Waals surface area contributed by atoms with Gasteiger partial charge < -0.3 is 15.4 Å². The average Bonchev–Trinajstić information content (AvgIpc) is 2.26. The summed E-state index contributed by atoms with van der Waals surface area (Å²) < 4.78 is 5.29. The number of rotatable bonds is 3. The Bertz CT molecular complexity index is 253. The molecule has 1 aliphatic carbocycles. The van der Waals surface area contributed by atoms with Crippen molar-refractivity contribution in [2.75, 3.05) is 20.3 Å². The van der Waals surface area contributed by atoms with Crippen molar-refractivity contribution in [3.8, 4) is 0 Å². The van der Waals surface area contributed by atoms with Crippen LogP contribution in [0.3, 0.4) is 0 Å². The highest BCUT2D eigenvalue weighted by molar-refractivity contribution is 5.85. The van der Waals surface area contributed by atoms with Crippen LogP contribution in [0.2, 0.25) is 0 Å². The van der Waals surface area contributed by atoms with Crippen molar-refractivity contribution in [3.05, 3.63) is 0 Å². The molecule has 2 rings (SSSR count). The standard InChI is InChI=1S/C12H22N2O2.ClH/c1-14(10-3-2-4-10)12(15)11(13)9-5-7-16-8-6-9;/h9-11H,2-8,13H2,1H3;1H. The molecule has 1 saturated carbocycles. The van der Waals surface area contributed by atoms with E-state index in [0.717, 1.165) is 38.9 Å². The van der Waals surface area contributed by atoms with Gasteiger partial charge in [0, 0.05) is 26.3 Å². The number of likely N-dealkylation sites (N-methyl/N-ethyl adjacent to an activating group) is 1. The van der Waals surface area contributed by atoms with Crippen molar-refractivity contribution in [3.63, 3.8) is 0 Å². The normalized spacial score (nSPS) is 23.4. The molecule has 1 amide bonds. The molecule has 2 fully saturated rings. The van der Waals surface area contributed by atoms with Gasteiger partial charge in [-0.05, 0) is 38.0 Å². The Morgan fingerprint density at radius 1 is 1.29 bits per heavy atom. The van der Waals surface area contributed by atoms with E-state index < -0.39 is 0 Å². The molecular formula is C12H23ClN2O2. The molecule has 4 nitrogen and oxygen atoms in total. The summed E-state index contributed by atoms with van der Waals surface area (Å²) in [5, 5.41) is 0. The molecular weight excluding hydrogens is 240 g/mol. The fraction of sp³-hybridized carbons (Fsp3) is 0.917. The third-order valence-electron chi connectivity index (χ3n) is 4.03. The minimum absolute atomic E-state index is 0. The van der Waals surface area contributed by atoms with E-state index in [4.69, 9.17) is 10.5 Å². The number of ether oxygens (including phenoxy) is 1. The van der Waals surface area contributed by atoms with Gasteiger partial charge in [-0.1, -0.05) is 0 Å². The lowest BCUT2D eigenvalue weighted by Gasteiger charge is -2.38. The molecule has 5 heteroatoms. The van der Waals surface area contributed by atoms with Crippen LogP contribution in [-0.2, 0) is 9.53 Å². The van der Waals surface area contributed by atoms with Crippen molar-refractivity contribution in [1.29, 1.82) is 0 Å². The summed E-state index contributed by atoms with van der Waals surface area (Å²) in [6, 6.07) is 0.118. The molecule has 0 aromatic rings. The molecule has 17 heavy (non-hydrogen) atoms. The maximum atomic E-state index is 12.1. The van der Waals surface area contributed by atoms with Crippen LogP contribution in [0.25, 0.3) is 0 Å². The maximum absolute atomic E-state index is 12.1. The van der Waals surface area contributed by atoms with Gasteiger partial charge in [0.1, 0.15) is 0 Å². The summed E-state index contributed by atoms with van der Waals surface area (Å²) in [6.07, 6.45) is 5.37. The lowest BCUT2D eigenvalue weighted by atomic mass is 9.88. The first-order valence-electron chi connectivity index (χ1n) is 6.30. The third-order valence-corrected chi connectivity index (χ3v) is 4.03. The van der Waals surface area contributed by atoms with Crippen LogP contribution in [0.15, 0.2) is 0 Å². The van der Waals surface area contributed by atoms with Gasteiger partial charge in [-0.25, -0.2) is 0 Å². The molecule has 1 saturated heterocycles. The summed E-state index contributed by atoms with van der Waals surface area (Å²) in [7, 11) is 1.89. The molecule has 0 aromatic carbocycles. The van der Waals surface area contributed by atoms with Crippen LogP contribution in [-0.4, -0.2) is 43.2 Å². The fourth-order valence-corrected chi connectivity index (χ4v) is 2.47. The van der Waals surface area contributed by atoms with E-state index in [-0.39, 0.29) is 24.4 Å². The second kappa shape index (κ2) is 6.57. The van der Waals surface area contributed by atoms with Crippen LogP contribution in [0.5, 0.6) is 0 Å². The first-order valence-corrected chi connectivity index (χ1v) is 6.30. The van der Waals surface area contributed by atoms with Gasteiger partial charge in [0.05, 0.1) is 6.04 Å². The zero-order chi connectivity index (χ0) is 11.5. The zero-order valence-corrected chi connectivity index (χ0v) is 11.2. The summed E-state index contributed by atoms with van der Waals surface area (Å²) in [6.45, 7) is 1.50. The van der Waals surface area contributed by atoms with Crippen molar-refractivity contribution in [2.24, 2.45) is 11.7 Å². The maximum Gasteiger partial charge on any atom is 0.239 e. The average molecular weight is 263 g/mol. The number of nitrogens with two attached hydrogens (primary N) is 1. The largest absolute Gasteiger partial charge is 0.381 e. The smallest absolute Gasteiger partial charge is 0.239 e. The summed E-state index contributed by atoms with van der Waals surface area (Å²) in [4.78, 5) is 14.0. The number of amides is 1. The second-order valence-electron chi connectivity index (χ2n) is 5.01. The summed E-state index contributed by atoms with van der Waals surface area (Å²) in [5.41, 5.74) is 6.06. The van der Waals surface area contributed by atoms with Crippen LogP contribution < -0.4 is 5.73 Å². The van der Waals surface area contributed by atoms with E-state index in [1.54, 1.807) is 0 Å². The molecule has 0 bridgehead atoms. The van der Waals surface area contributed by atoms with E-state index >= 15 is 0 Å². The number of carbonyl (C=O) groups is 1. The van der Waals surface area contributed by atoms with Crippen LogP contribution in [0, 0.1) is 5.92 Å². The van der Waals surface area contributed by atoms with Gasteiger partial charge in [-0.3, -0.25) is 4.79 Å². The van der Waals surface area contributed by atoms with Crippen molar-refractivity contribution in [1.82, 2.24) is 4.90 Å². The Morgan fingerprint density at radius 3 is 2.35 bits per heavy atom. The number of nitrogens with zero attached hydrogens (tertiary/aromatic N) is 1. The second-order valence-corrected chi connectivity index (χ2v) is 5.01. The number of hydrogen-bond donors (Lipinski definition) is 1. The first kappa shape index (κ1) is 14.7. The number of hydrogen-bond acceptors (Lipinski definition) is 3. The zero-order valence-electron chi connectivity index (χ0n) is 10.4. The molecule has 0 spiro atoms. The van der Waals surface area contributed by atoms with Crippen molar-refractivity contribution in [2.45, 2.75) is 44.2 Å². The van der Waals surface area contributed by atoms with E-state index in [2.05, 4.69) is 0 Å². The van der Waals surface area contributed by atoms with E-state index in [0.29, 0.717) is 12.0 Å². The highest BCUT2D eigenvalue weighted by Crippen LogP contribution is 2.26. The predicted molar refractivity (Wildman–Crippen MR) is 69.2 cm³/mol. The topological polar surface area (TPSA) is 55.6 Å². The molecule has 0 radical (unpaired) electrons. The Labute approximate surface area is 109 Å². The minimum Gasteiger partial charge on any atom is -0.381 e. The Hall–Kier alpha value is -0.320. The summed E-state index contributed by atoms with van der Waals surface area (Å²) >= 11 is 0. The number of carbonyl (C=O) groups excluding carboxylic acids is 1. The van der Waals surface area contributed by atoms with Crippen molar-refractivity contribution < 1.29 is 9.53 Å². The molecule has 2 aliphatic rings. The molecule has 2 N–H and O–H groups in total. The van der Waals surface area contributed by atoms with Gasteiger partial charge in [0.25, 0.3) is 0 Å². The Balaban J connectivity index is 0.00000144. The minimum atomic E-state index is -0.325. The molecule has 1 unspecified atom stereocenters. The highest BCUT2D eigenvalue weighted by atomic mass is 35.5. The first-order chi connectivity index (χ1) is 7.70. The molecule has 0 aromatic heterocycles. The molecule has 100 valence electrons. The van der Waals surface area contributed by atoms with Gasteiger partial charge in [-0.15, -0.1) is 12.4 Å². The molecule has 1 heterocycles. The van der Waals surface area contributed by atoms with Crippen LogP contribution >= 0.6 is 12.4 Å². The lowest BCUT2D eigenvalue weighted by Crippen LogP contribution is -2.52. The van der Waals surface area contributed by atoms with E-state index in [9.17, 15) is 4.79 Å². The quantitative estimate of drug-likeness (QED) is 0.831. The van der Waals surface area contributed by atoms with Gasteiger partial charge in [0.2, 0.25) is 5.91 Å². The van der Waals surface area contributed by atoms with Crippen LogP contribution in [0.4, 0.5) is 0 Å². The molecule has 1 atom stereocenters. The monoisotopic (exact) mass is 262 g/mol. The summed E-state index contributed by atoms with van der Waals surface area (Å²) in [5.74, 6) is 0.431. The van der Waals surface area contributed by atoms with E-state index in [1.165, 1.54) is 6.42 Å². The lowest BCUT2D eigenvalue weighted by molar-refractivity contribution is -0.137. The van der Waals surface area contributed by atoms with Crippen LogP contribution in [0.1, 0.15) is 32.1 Å².